The highest BCUT2D eigenvalue weighted by atomic mass is 15.0. The molecule has 1 aliphatic carbocycles. The van der Waals surface area contributed by atoms with Crippen molar-refractivity contribution in [2.75, 3.05) is 0 Å². The predicted octanol–water partition coefficient (Wildman–Crippen LogP) is 19.8. The molecular formula is C72H42N2. The number of fused-ring (bicyclic) bond motifs is 26. The van der Waals surface area contributed by atoms with Crippen LogP contribution in [0.1, 0.15) is 0 Å². The van der Waals surface area contributed by atoms with Gasteiger partial charge in [-0.2, -0.15) is 0 Å². The molecule has 16 aromatic rings. The Balaban J connectivity index is 1.08. The van der Waals surface area contributed by atoms with E-state index in [2.05, 4.69) is 264 Å². The fourth-order valence-electron chi connectivity index (χ4n) is 13.5. The first kappa shape index (κ1) is 39.9. The van der Waals surface area contributed by atoms with Gasteiger partial charge in [0.05, 0.1) is 22.1 Å². The molecule has 340 valence electrons. The summed E-state index contributed by atoms with van der Waals surface area (Å²) in [5.74, 6) is 0. The molecule has 0 aliphatic heterocycles. The molecule has 1 aliphatic rings. The maximum Gasteiger partial charge on any atom is 0.0541 e. The molecule has 0 saturated carbocycles. The van der Waals surface area contributed by atoms with Gasteiger partial charge in [-0.3, -0.25) is 0 Å². The third-order valence-corrected chi connectivity index (χ3v) is 16.6. The van der Waals surface area contributed by atoms with Gasteiger partial charge >= 0.3 is 0 Å². The van der Waals surface area contributed by atoms with Crippen LogP contribution in [0.25, 0.3) is 164 Å². The van der Waals surface area contributed by atoms with Crippen molar-refractivity contribution >= 4 is 108 Å². The number of para-hydroxylation sites is 4. The zero-order valence-electron chi connectivity index (χ0n) is 40.1. The molecule has 0 spiro atoms. The van der Waals surface area contributed by atoms with E-state index in [4.69, 9.17) is 0 Å². The number of rotatable bonds is 2. The van der Waals surface area contributed by atoms with E-state index < -0.39 is 0 Å². The summed E-state index contributed by atoms with van der Waals surface area (Å²) in [6.07, 6.45) is 0. The molecule has 0 bridgehead atoms. The molecule has 2 nitrogen and oxygen atoms in total. The SMILES string of the molecule is c1ccc2c(c1)c1ccccc1c1cc3c(cc21)-c1ccc(-n2c4ccccc4c4ccccc42)cc1-c1cc2c4ccccc4c4ccccc4c2cc1-c1cc(-n2c4ccccc4c4ccccc42)ccc1-3. The number of hydrogen-bond acceptors (Lipinski definition) is 0. The van der Waals surface area contributed by atoms with Crippen molar-refractivity contribution in [3.63, 3.8) is 0 Å². The molecule has 74 heavy (non-hydrogen) atoms. The predicted molar refractivity (Wildman–Crippen MR) is 315 cm³/mol. The van der Waals surface area contributed by atoms with Crippen molar-refractivity contribution in [2.24, 2.45) is 0 Å². The van der Waals surface area contributed by atoms with E-state index in [1.165, 1.54) is 153 Å². The van der Waals surface area contributed by atoms with Gasteiger partial charge in [-0.15, -0.1) is 0 Å². The molecule has 14 aromatic carbocycles. The van der Waals surface area contributed by atoms with E-state index in [-0.39, 0.29) is 0 Å². The maximum absolute atomic E-state index is 2.54. The molecule has 0 unspecified atom stereocenters. The minimum absolute atomic E-state index is 1.13. The molecule has 0 radical (unpaired) electrons. The van der Waals surface area contributed by atoms with Crippen molar-refractivity contribution in [3.05, 3.63) is 255 Å². The lowest BCUT2D eigenvalue weighted by atomic mass is 9.78. The van der Waals surface area contributed by atoms with Crippen LogP contribution in [0.15, 0.2) is 255 Å². The Morgan fingerprint density at radius 1 is 0.149 bits per heavy atom. The second-order valence-corrected chi connectivity index (χ2v) is 20.3. The average molecular weight is 935 g/mol. The van der Waals surface area contributed by atoms with Crippen LogP contribution in [0.4, 0.5) is 0 Å². The van der Waals surface area contributed by atoms with Crippen LogP contribution in [0.3, 0.4) is 0 Å². The quantitative estimate of drug-likeness (QED) is 0.153. The maximum atomic E-state index is 2.54. The van der Waals surface area contributed by atoms with E-state index in [1.807, 2.05) is 0 Å². The monoisotopic (exact) mass is 934 g/mol. The summed E-state index contributed by atoms with van der Waals surface area (Å²) < 4.78 is 4.95. The highest BCUT2D eigenvalue weighted by Gasteiger charge is 2.27. The van der Waals surface area contributed by atoms with Crippen molar-refractivity contribution in [1.82, 2.24) is 9.13 Å². The Hall–Kier alpha value is -9.76. The lowest BCUT2D eigenvalue weighted by molar-refractivity contribution is 1.18. The highest BCUT2D eigenvalue weighted by molar-refractivity contribution is 6.29. The lowest BCUT2D eigenvalue weighted by Crippen LogP contribution is -2.02. The number of hydrogen-bond donors (Lipinski definition) is 0. The van der Waals surface area contributed by atoms with E-state index in [0.29, 0.717) is 0 Å². The Kier molecular flexibility index (Phi) is 8.03. The Morgan fingerprint density at radius 3 is 0.622 bits per heavy atom. The Morgan fingerprint density at radius 2 is 0.351 bits per heavy atom. The van der Waals surface area contributed by atoms with Crippen LogP contribution in [0.2, 0.25) is 0 Å². The van der Waals surface area contributed by atoms with Gasteiger partial charge in [-0.25, -0.2) is 0 Å². The summed E-state index contributed by atoms with van der Waals surface area (Å²) in [6.45, 7) is 0. The third-order valence-electron chi connectivity index (χ3n) is 16.6. The smallest absolute Gasteiger partial charge is 0.0541 e. The number of benzene rings is 14. The van der Waals surface area contributed by atoms with Crippen LogP contribution in [0.5, 0.6) is 0 Å². The van der Waals surface area contributed by atoms with Crippen molar-refractivity contribution < 1.29 is 0 Å². The van der Waals surface area contributed by atoms with Crippen LogP contribution >= 0.6 is 0 Å². The summed E-state index contributed by atoms with van der Waals surface area (Å²) in [7, 11) is 0. The fourth-order valence-corrected chi connectivity index (χ4v) is 13.5. The van der Waals surface area contributed by atoms with Gasteiger partial charge < -0.3 is 9.13 Å². The molecule has 2 heteroatoms. The molecule has 2 aromatic heterocycles. The standard InChI is InChI=1S/C72H42N2/c1-5-21-49-45(17-1)46-18-2-6-22-50(46)62-40-66-54-36-34-44(74-71-31-15-11-27-57(71)58-28-12-16-32-72(58)74)38-60(54)68-42-64-52-24-8-4-20-48(52)47-19-3-7-23-51(47)63(64)41-67(68)59-37-43(33-35-53(59)65(66)39-61(49)62)73-69-29-13-9-25-55(69)56-26-10-14-30-70(56)73/h1-42H. The summed E-state index contributed by atoms with van der Waals surface area (Å²) >= 11 is 0. The summed E-state index contributed by atoms with van der Waals surface area (Å²) in [4.78, 5) is 0. The van der Waals surface area contributed by atoms with E-state index in [1.54, 1.807) is 0 Å². The molecule has 17 rings (SSSR count). The van der Waals surface area contributed by atoms with Gasteiger partial charge in [-0.1, -0.05) is 182 Å². The third kappa shape index (κ3) is 5.38. The van der Waals surface area contributed by atoms with Gasteiger partial charge in [0.25, 0.3) is 0 Å². The first-order valence-electron chi connectivity index (χ1n) is 25.7. The minimum Gasteiger partial charge on any atom is -0.309 e. The largest absolute Gasteiger partial charge is 0.309 e. The molecule has 0 amide bonds. The van der Waals surface area contributed by atoms with Crippen LogP contribution in [-0.2, 0) is 0 Å². The summed E-state index contributed by atoms with van der Waals surface area (Å²) in [5.41, 5.74) is 16.8. The lowest BCUT2D eigenvalue weighted by Gasteiger charge is -2.27. The van der Waals surface area contributed by atoms with Crippen molar-refractivity contribution in [1.29, 1.82) is 0 Å². The Labute approximate surface area is 425 Å². The fraction of sp³-hybridized carbons (Fsp3) is 0. The van der Waals surface area contributed by atoms with Crippen LogP contribution in [0, 0.1) is 0 Å². The molecule has 2 heterocycles. The van der Waals surface area contributed by atoms with Gasteiger partial charge in [-0.05, 0) is 182 Å². The van der Waals surface area contributed by atoms with E-state index in [0.717, 1.165) is 11.4 Å². The van der Waals surface area contributed by atoms with E-state index in [9.17, 15) is 0 Å². The molecule has 0 fully saturated rings. The number of nitrogens with zero attached hydrogens (tertiary/aromatic N) is 2. The molecular weight excluding hydrogens is 893 g/mol. The zero-order valence-corrected chi connectivity index (χ0v) is 40.1. The van der Waals surface area contributed by atoms with Gasteiger partial charge in [0, 0.05) is 32.9 Å². The highest BCUT2D eigenvalue weighted by Crippen LogP contribution is 2.53. The second kappa shape index (κ2) is 14.9. The first-order valence-corrected chi connectivity index (χ1v) is 25.7. The molecule has 0 N–H and O–H groups in total. The zero-order chi connectivity index (χ0) is 48.2. The van der Waals surface area contributed by atoms with Gasteiger partial charge in [0.1, 0.15) is 0 Å². The van der Waals surface area contributed by atoms with Crippen molar-refractivity contribution in [3.8, 4) is 55.9 Å². The average Bonchev–Trinajstić information content (AvgIpc) is 4.03. The second-order valence-electron chi connectivity index (χ2n) is 20.3. The van der Waals surface area contributed by atoms with Gasteiger partial charge in [0.15, 0.2) is 0 Å². The van der Waals surface area contributed by atoms with Crippen molar-refractivity contribution in [2.45, 2.75) is 0 Å². The normalized spacial score (nSPS) is 12.3. The van der Waals surface area contributed by atoms with Crippen LogP contribution < -0.4 is 0 Å². The summed E-state index contributed by atoms with van der Waals surface area (Å²) in [5, 5.41) is 20.2. The number of aromatic nitrogens is 2. The van der Waals surface area contributed by atoms with Gasteiger partial charge in [0.2, 0.25) is 0 Å². The van der Waals surface area contributed by atoms with E-state index >= 15 is 0 Å². The Bertz CT molecular complexity index is 4710. The summed E-state index contributed by atoms with van der Waals surface area (Å²) in [6, 6.07) is 96.1. The minimum atomic E-state index is 1.13. The topological polar surface area (TPSA) is 9.86 Å². The molecule has 0 atom stereocenters. The molecule has 0 saturated heterocycles. The van der Waals surface area contributed by atoms with Crippen LogP contribution in [-0.4, -0.2) is 9.13 Å². The first-order chi connectivity index (χ1) is 36.7.